The summed E-state index contributed by atoms with van der Waals surface area (Å²) in [5, 5.41) is 26.5. The van der Waals surface area contributed by atoms with Gasteiger partial charge in [0.1, 0.15) is 23.9 Å². The minimum absolute atomic E-state index is 0.0000760. The molecule has 33 heavy (non-hydrogen) atoms. The van der Waals surface area contributed by atoms with Crippen molar-refractivity contribution in [3.8, 4) is 5.75 Å². The second kappa shape index (κ2) is 12.8. The third-order valence-corrected chi connectivity index (χ3v) is 5.55. The van der Waals surface area contributed by atoms with Gasteiger partial charge in [-0.1, -0.05) is 46.2 Å². The number of aliphatic carboxylic acids is 1. The Balaban J connectivity index is 2.81. The van der Waals surface area contributed by atoms with Crippen LogP contribution in [0.1, 0.15) is 46.6 Å². The van der Waals surface area contributed by atoms with Crippen molar-refractivity contribution >= 4 is 23.7 Å². The number of carboxylic acids is 1. The van der Waals surface area contributed by atoms with Crippen molar-refractivity contribution in [3.63, 3.8) is 0 Å². The molecule has 0 spiro atoms. The van der Waals surface area contributed by atoms with Gasteiger partial charge in [0.25, 0.3) is 0 Å². The Hall–Kier alpha value is -3.14. The van der Waals surface area contributed by atoms with Gasteiger partial charge in [-0.05, 0) is 36.5 Å². The predicted molar refractivity (Wildman–Crippen MR) is 123 cm³/mol. The molecular weight excluding hydrogens is 428 g/mol. The van der Waals surface area contributed by atoms with Crippen LogP contribution in [0.15, 0.2) is 24.3 Å². The van der Waals surface area contributed by atoms with Crippen LogP contribution in [0.25, 0.3) is 0 Å². The van der Waals surface area contributed by atoms with Gasteiger partial charge < -0.3 is 31.9 Å². The van der Waals surface area contributed by atoms with Gasteiger partial charge in [0.15, 0.2) is 0 Å². The van der Waals surface area contributed by atoms with Crippen LogP contribution in [0.2, 0.25) is 0 Å². The van der Waals surface area contributed by atoms with Crippen molar-refractivity contribution in [2.45, 2.75) is 71.6 Å². The first-order chi connectivity index (χ1) is 15.4. The predicted octanol–water partition coefficient (Wildman–Crippen LogP) is 0.523. The number of phenolic OH excluding ortho intramolecular Hbond substituents is 1. The molecule has 0 heterocycles. The van der Waals surface area contributed by atoms with Gasteiger partial charge in [-0.15, -0.1) is 0 Å². The summed E-state index contributed by atoms with van der Waals surface area (Å²) in [7, 11) is 0. The van der Waals surface area contributed by atoms with Crippen molar-refractivity contribution in [1.82, 2.24) is 16.0 Å². The van der Waals surface area contributed by atoms with Crippen molar-refractivity contribution in [1.29, 1.82) is 0 Å². The van der Waals surface area contributed by atoms with E-state index >= 15 is 0 Å². The van der Waals surface area contributed by atoms with E-state index in [1.807, 2.05) is 13.8 Å². The zero-order chi connectivity index (χ0) is 25.3. The number of carbonyl (C=O) groups is 4. The minimum Gasteiger partial charge on any atom is -0.508 e. The molecule has 1 rings (SSSR count). The Morgan fingerprint density at radius 3 is 1.97 bits per heavy atom. The third-order valence-electron chi connectivity index (χ3n) is 5.55. The molecule has 1 aromatic carbocycles. The fourth-order valence-electron chi connectivity index (χ4n) is 3.03. The molecule has 0 bridgehead atoms. The fraction of sp³-hybridized carbons (Fsp3) is 0.565. The summed E-state index contributed by atoms with van der Waals surface area (Å²) in [4.78, 5) is 49.4. The number of carboxylic acid groups (broad SMARTS) is 1. The highest BCUT2D eigenvalue weighted by Gasteiger charge is 2.31. The number of nitrogens with two attached hydrogens (primary N) is 1. The summed E-state index contributed by atoms with van der Waals surface area (Å²) in [5.74, 6) is -3.29. The Kier molecular flexibility index (Phi) is 10.8. The lowest BCUT2D eigenvalue weighted by atomic mass is 9.99. The van der Waals surface area contributed by atoms with Gasteiger partial charge in [-0.25, -0.2) is 4.79 Å². The number of hydrogen-bond acceptors (Lipinski definition) is 6. The SMILES string of the molecule is CCC(C)C(N)C(=O)NC(C)C(=O)NC(C(=O)NC(Cc1ccc(O)cc1)C(=O)O)C(C)C. The van der Waals surface area contributed by atoms with E-state index in [0.29, 0.717) is 12.0 Å². The molecule has 7 N–H and O–H groups in total. The molecule has 0 aliphatic carbocycles. The zero-order valence-electron chi connectivity index (χ0n) is 19.8. The van der Waals surface area contributed by atoms with Crippen LogP contribution in [0, 0.1) is 11.8 Å². The lowest BCUT2D eigenvalue weighted by molar-refractivity contribution is -0.142. The average Bonchev–Trinajstić information content (AvgIpc) is 2.76. The number of hydrogen-bond donors (Lipinski definition) is 6. The van der Waals surface area contributed by atoms with Crippen LogP contribution in [0.4, 0.5) is 0 Å². The van der Waals surface area contributed by atoms with E-state index < -0.39 is 47.9 Å². The maximum absolute atomic E-state index is 12.8. The summed E-state index contributed by atoms with van der Waals surface area (Å²) in [6.07, 6.45) is 0.708. The smallest absolute Gasteiger partial charge is 0.326 e. The summed E-state index contributed by atoms with van der Waals surface area (Å²) in [5.41, 5.74) is 6.51. The maximum Gasteiger partial charge on any atom is 0.326 e. The molecule has 10 nitrogen and oxygen atoms in total. The third kappa shape index (κ3) is 8.72. The molecule has 0 saturated carbocycles. The molecule has 0 radical (unpaired) electrons. The first-order valence-corrected chi connectivity index (χ1v) is 11.0. The van der Waals surface area contributed by atoms with Gasteiger partial charge in [0, 0.05) is 6.42 Å². The van der Waals surface area contributed by atoms with Crippen LogP contribution in [0.5, 0.6) is 5.75 Å². The minimum atomic E-state index is -1.23. The number of phenols is 1. The fourth-order valence-corrected chi connectivity index (χ4v) is 3.03. The van der Waals surface area contributed by atoms with Crippen molar-refractivity contribution in [3.05, 3.63) is 29.8 Å². The lowest BCUT2D eigenvalue weighted by Gasteiger charge is -2.26. The Labute approximate surface area is 194 Å². The summed E-state index contributed by atoms with van der Waals surface area (Å²) in [6, 6.07) is 2.04. The molecule has 3 amide bonds. The molecule has 0 aromatic heterocycles. The number of benzene rings is 1. The number of nitrogens with one attached hydrogen (secondary N) is 3. The molecule has 0 fully saturated rings. The topological polar surface area (TPSA) is 171 Å². The molecule has 0 aliphatic rings. The molecule has 5 unspecified atom stereocenters. The van der Waals surface area contributed by atoms with Crippen LogP contribution in [-0.4, -0.2) is 58.1 Å². The zero-order valence-corrected chi connectivity index (χ0v) is 19.8. The van der Waals surface area contributed by atoms with E-state index in [1.165, 1.54) is 19.1 Å². The van der Waals surface area contributed by atoms with Crippen LogP contribution in [0.3, 0.4) is 0 Å². The summed E-state index contributed by atoms with van der Waals surface area (Å²) >= 11 is 0. The van der Waals surface area contributed by atoms with Gasteiger partial charge in [0.05, 0.1) is 6.04 Å². The highest BCUT2D eigenvalue weighted by Crippen LogP contribution is 2.12. The van der Waals surface area contributed by atoms with Crippen LogP contribution >= 0.6 is 0 Å². The second-order valence-corrected chi connectivity index (χ2v) is 8.64. The van der Waals surface area contributed by atoms with Crippen molar-refractivity contribution in [2.75, 3.05) is 0 Å². The van der Waals surface area contributed by atoms with E-state index in [4.69, 9.17) is 5.73 Å². The van der Waals surface area contributed by atoms with Gasteiger partial charge >= 0.3 is 5.97 Å². The van der Waals surface area contributed by atoms with Crippen molar-refractivity contribution in [2.24, 2.45) is 17.6 Å². The maximum atomic E-state index is 12.8. The monoisotopic (exact) mass is 464 g/mol. The molecule has 10 heteroatoms. The van der Waals surface area contributed by atoms with Crippen LogP contribution in [-0.2, 0) is 25.6 Å². The Morgan fingerprint density at radius 1 is 0.909 bits per heavy atom. The van der Waals surface area contributed by atoms with Gasteiger partial charge in [0.2, 0.25) is 17.7 Å². The number of rotatable bonds is 12. The van der Waals surface area contributed by atoms with Crippen LogP contribution < -0.4 is 21.7 Å². The van der Waals surface area contributed by atoms with E-state index in [1.54, 1.807) is 26.0 Å². The first kappa shape index (κ1) is 27.9. The molecule has 184 valence electrons. The standard InChI is InChI=1S/C23H36N4O6/c1-6-13(4)18(24)21(30)25-14(5)20(29)27-19(12(2)3)22(31)26-17(23(32)33)11-15-7-9-16(28)10-8-15/h7-10,12-14,17-19,28H,6,11,24H2,1-5H3,(H,25,30)(H,26,31)(H,27,29)(H,32,33). The number of aromatic hydroxyl groups is 1. The number of carbonyl (C=O) groups excluding carboxylic acids is 3. The first-order valence-electron chi connectivity index (χ1n) is 11.0. The lowest BCUT2D eigenvalue weighted by Crippen LogP contribution is -2.58. The normalized spacial score (nSPS) is 15.6. The van der Waals surface area contributed by atoms with Crippen molar-refractivity contribution < 1.29 is 29.4 Å². The molecule has 0 saturated heterocycles. The quantitative estimate of drug-likeness (QED) is 0.262. The Morgan fingerprint density at radius 2 is 1.48 bits per heavy atom. The molecular formula is C23H36N4O6. The van der Waals surface area contributed by atoms with E-state index in [-0.39, 0.29) is 24.0 Å². The average molecular weight is 465 g/mol. The van der Waals surface area contributed by atoms with Gasteiger partial charge in [-0.3, -0.25) is 14.4 Å². The Bertz CT molecular complexity index is 827. The molecule has 5 atom stereocenters. The van der Waals surface area contributed by atoms with Gasteiger partial charge in [-0.2, -0.15) is 0 Å². The van der Waals surface area contributed by atoms with E-state index in [9.17, 15) is 29.4 Å². The van der Waals surface area contributed by atoms with E-state index in [2.05, 4.69) is 16.0 Å². The highest BCUT2D eigenvalue weighted by molar-refractivity contribution is 5.94. The largest absolute Gasteiger partial charge is 0.508 e. The summed E-state index contributed by atoms with van der Waals surface area (Å²) in [6.45, 7) is 8.65. The van der Waals surface area contributed by atoms with E-state index in [0.717, 1.165) is 0 Å². The molecule has 1 aromatic rings. The summed E-state index contributed by atoms with van der Waals surface area (Å²) < 4.78 is 0. The molecule has 0 aliphatic heterocycles. The number of amides is 3. The second-order valence-electron chi connectivity index (χ2n) is 8.64. The highest BCUT2D eigenvalue weighted by atomic mass is 16.4.